The van der Waals surface area contributed by atoms with E-state index in [4.69, 9.17) is 0 Å². The van der Waals surface area contributed by atoms with E-state index in [1.54, 1.807) is 22.5 Å². The molecule has 0 spiro atoms. The lowest BCUT2D eigenvalue weighted by Gasteiger charge is -2.11. The van der Waals surface area contributed by atoms with E-state index >= 15 is 0 Å². The molecule has 26 heavy (non-hydrogen) atoms. The number of H-pyrrole nitrogens is 2. The zero-order valence-corrected chi connectivity index (χ0v) is 14.9. The van der Waals surface area contributed by atoms with Crippen LogP contribution in [0.3, 0.4) is 0 Å². The molecule has 5 rings (SSSR count). The Balaban J connectivity index is 1.60. The molecule has 2 N–H and O–H groups in total. The summed E-state index contributed by atoms with van der Waals surface area (Å²) in [6.07, 6.45) is 8.53. The first-order valence-electron chi connectivity index (χ1n) is 8.87. The summed E-state index contributed by atoms with van der Waals surface area (Å²) in [5.41, 5.74) is 0.862. The fourth-order valence-corrected chi connectivity index (χ4v) is 4.13. The quantitative estimate of drug-likeness (QED) is 0.505. The molecule has 134 valence electrons. The Hall–Kier alpha value is -2.42. The number of aryl methyl sites for hydroxylation is 1. The van der Waals surface area contributed by atoms with Gasteiger partial charge < -0.3 is 0 Å². The van der Waals surface area contributed by atoms with Gasteiger partial charge >= 0.3 is 5.69 Å². The van der Waals surface area contributed by atoms with Crippen molar-refractivity contribution < 1.29 is 0 Å². The molecule has 0 aliphatic heterocycles. The highest BCUT2D eigenvalue weighted by atomic mass is 32.2. The molecule has 3 aromatic heterocycles. The summed E-state index contributed by atoms with van der Waals surface area (Å²) in [7, 11) is 0. The van der Waals surface area contributed by atoms with Crippen molar-refractivity contribution in [1.29, 1.82) is 0 Å². The number of rotatable bonds is 6. The first-order valence-corrected chi connectivity index (χ1v) is 9.86. The topological polar surface area (TPSA) is 109 Å². The smallest absolute Gasteiger partial charge is 0.285 e. The van der Waals surface area contributed by atoms with Crippen LogP contribution in [0.1, 0.15) is 49.0 Å². The second-order valence-electron chi connectivity index (χ2n) is 6.93. The normalized spacial score (nSPS) is 17.1. The third-order valence-electron chi connectivity index (χ3n) is 4.81. The van der Waals surface area contributed by atoms with Gasteiger partial charge in [0, 0.05) is 23.9 Å². The summed E-state index contributed by atoms with van der Waals surface area (Å²) >= 11 is 1.54. The lowest BCUT2D eigenvalue weighted by Crippen LogP contribution is -2.31. The number of hydrogen-bond acceptors (Lipinski definition) is 6. The Morgan fingerprint density at radius 2 is 2.04 bits per heavy atom. The average Bonchev–Trinajstić information content (AvgIpc) is 3.54. The molecule has 2 aliphatic carbocycles. The average molecular weight is 370 g/mol. The van der Waals surface area contributed by atoms with Crippen LogP contribution < -0.4 is 11.2 Å². The monoisotopic (exact) mass is 370 g/mol. The van der Waals surface area contributed by atoms with Crippen LogP contribution in [0, 0.1) is 0 Å². The number of thioether (sulfide) groups is 1. The SMILES string of the molecule is O=c1[nH]c(=O)n(C2CC2)c2nc(C3CC3)nc(SCCc3cn[nH]c3)c12. The molecule has 0 radical (unpaired) electrons. The van der Waals surface area contributed by atoms with E-state index in [-0.39, 0.29) is 11.7 Å². The molecule has 3 heterocycles. The van der Waals surface area contributed by atoms with Crippen LogP contribution in [0.25, 0.3) is 11.0 Å². The highest BCUT2D eigenvalue weighted by molar-refractivity contribution is 7.99. The fourth-order valence-electron chi connectivity index (χ4n) is 3.11. The maximum Gasteiger partial charge on any atom is 0.330 e. The van der Waals surface area contributed by atoms with E-state index in [1.807, 2.05) is 6.20 Å². The predicted octanol–water partition coefficient (Wildman–Crippen LogP) is 1.75. The molecule has 0 saturated heterocycles. The van der Waals surface area contributed by atoms with Gasteiger partial charge in [-0.15, -0.1) is 11.8 Å². The van der Waals surface area contributed by atoms with Crippen molar-refractivity contribution in [3.8, 4) is 0 Å². The van der Waals surface area contributed by atoms with Crippen molar-refractivity contribution >= 4 is 22.8 Å². The Bertz CT molecular complexity index is 1080. The fraction of sp³-hybridized carbons (Fsp3) is 0.471. The van der Waals surface area contributed by atoms with Crippen molar-refractivity contribution in [2.45, 2.75) is 49.1 Å². The minimum atomic E-state index is -0.393. The summed E-state index contributed by atoms with van der Waals surface area (Å²) < 4.78 is 1.66. The van der Waals surface area contributed by atoms with Gasteiger partial charge in [-0.2, -0.15) is 5.10 Å². The Morgan fingerprint density at radius 1 is 1.19 bits per heavy atom. The van der Waals surface area contributed by atoms with E-state index in [0.717, 1.165) is 49.2 Å². The van der Waals surface area contributed by atoms with Gasteiger partial charge in [0.2, 0.25) is 0 Å². The molecule has 8 nitrogen and oxygen atoms in total. The summed E-state index contributed by atoms with van der Waals surface area (Å²) in [5, 5.41) is 7.88. The molecule has 2 aliphatic rings. The van der Waals surface area contributed by atoms with Crippen molar-refractivity contribution in [2.75, 3.05) is 5.75 Å². The van der Waals surface area contributed by atoms with Crippen LogP contribution in [0.5, 0.6) is 0 Å². The largest absolute Gasteiger partial charge is 0.330 e. The molecule has 0 amide bonds. The molecule has 3 aromatic rings. The van der Waals surface area contributed by atoms with Crippen molar-refractivity contribution in [3.05, 3.63) is 44.6 Å². The number of fused-ring (bicyclic) bond motifs is 1. The molecular formula is C17H18N6O2S. The zero-order valence-electron chi connectivity index (χ0n) is 14.1. The molecule has 9 heteroatoms. The molecule has 0 bridgehead atoms. The third kappa shape index (κ3) is 2.86. The lowest BCUT2D eigenvalue weighted by atomic mass is 10.3. The van der Waals surface area contributed by atoms with E-state index in [0.29, 0.717) is 22.0 Å². The molecular weight excluding hydrogens is 352 g/mol. The molecule has 2 fully saturated rings. The van der Waals surface area contributed by atoms with Crippen molar-refractivity contribution in [1.82, 2.24) is 29.7 Å². The summed E-state index contributed by atoms with van der Waals surface area (Å²) in [6.45, 7) is 0. The molecule has 0 aromatic carbocycles. The van der Waals surface area contributed by atoms with E-state index in [1.165, 1.54) is 0 Å². The number of aromatic nitrogens is 6. The number of nitrogens with zero attached hydrogens (tertiary/aromatic N) is 4. The maximum atomic E-state index is 12.5. The van der Waals surface area contributed by atoms with Gasteiger partial charge in [-0.1, -0.05) is 0 Å². The van der Waals surface area contributed by atoms with E-state index < -0.39 is 5.56 Å². The van der Waals surface area contributed by atoms with Crippen LogP contribution in [-0.2, 0) is 6.42 Å². The van der Waals surface area contributed by atoms with Gasteiger partial charge in [-0.05, 0) is 37.7 Å². The Morgan fingerprint density at radius 3 is 2.73 bits per heavy atom. The highest BCUT2D eigenvalue weighted by Gasteiger charge is 2.32. The first kappa shape index (κ1) is 15.8. The van der Waals surface area contributed by atoms with Crippen LogP contribution in [0.4, 0.5) is 0 Å². The molecule has 0 unspecified atom stereocenters. The summed E-state index contributed by atoms with van der Waals surface area (Å²) in [5.74, 6) is 1.90. The lowest BCUT2D eigenvalue weighted by molar-refractivity contribution is 0.691. The first-order chi connectivity index (χ1) is 12.7. The van der Waals surface area contributed by atoms with Gasteiger partial charge in [0.15, 0.2) is 5.65 Å². The standard InChI is InChI=1S/C17H18N6O2S/c24-15-12-14(23(11-3-4-11)17(25)22-15)20-13(10-1-2-10)21-16(12)26-6-5-9-7-18-19-8-9/h7-8,10-11H,1-6H2,(H,18,19)(H,22,24,25). The Labute approximate surface area is 152 Å². The molecule has 2 saturated carbocycles. The number of aromatic amines is 2. The summed E-state index contributed by atoms with van der Waals surface area (Å²) in [6, 6.07) is 0.146. The van der Waals surface area contributed by atoms with Crippen LogP contribution in [0.2, 0.25) is 0 Å². The highest BCUT2D eigenvalue weighted by Crippen LogP contribution is 2.40. The van der Waals surface area contributed by atoms with Gasteiger partial charge in [0.25, 0.3) is 5.56 Å². The van der Waals surface area contributed by atoms with E-state index in [2.05, 4.69) is 25.1 Å². The maximum absolute atomic E-state index is 12.5. The number of nitrogens with one attached hydrogen (secondary N) is 2. The van der Waals surface area contributed by atoms with E-state index in [9.17, 15) is 9.59 Å². The predicted molar refractivity (Wildman–Crippen MR) is 97.7 cm³/mol. The van der Waals surface area contributed by atoms with Crippen LogP contribution in [-0.4, -0.2) is 35.5 Å². The second-order valence-corrected chi connectivity index (χ2v) is 8.01. The van der Waals surface area contributed by atoms with Crippen molar-refractivity contribution in [2.24, 2.45) is 0 Å². The molecule has 0 atom stereocenters. The minimum Gasteiger partial charge on any atom is -0.285 e. The summed E-state index contributed by atoms with van der Waals surface area (Å²) in [4.78, 5) is 36.7. The number of hydrogen-bond donors (Lipinski definition) is 2. The van der Waals surface area contributed by atoms with Gasteiger partial charge in [-0.25, -0.2) is 14.8 Å². The van der Waals surface area contributed by atoms with Gasteiger partial charge in [0.1, 0.15) is 16.2 Å². The minimum absolute atomic E-state index is 0.146. The Kier molecular flexibility index (Phi) is 3.70. The third-order valence-corrected chi connectivity index (χ3v) is 5.78. The van der Waals surface area contributed by atoms with Crippen LogP contribution >= 0.6 is 11.8 Å². The second kappa shape index (κ2) is 6.08. The van der Waals surface area contributed by atoms with Crippen molar-refractivity contribution in [3.63, 3.8) is 0 Å². The van der Waals surface area contributed by atoms with Gasteiger partial charge in [-0.3, -0.25) is 19.4 Å². The van der Waals surface area contributed by atoms with Gasteiger partial charge in [0.05, 0.1) is 6.20 Å². The van der Waals surface area contributed by atoms with Crippen LogP contribution in [0.15, 0.2) is 27.0 Å². The zero-order chi connectivity index (χ0) is 17.7.